The summed E-state index contributed by atoms with van der Waals surface area (Å²) in [6.07, 6.45) is 0. The second kappa shape index (κ2) is 8.48. The highest BCUT2D eigenvalue weighted by molar-refractivity contribution is 6.33. The Morgan fingerprint density at radius 3 is 2.52 bits per heavy atom. The van der Waals surface area contributed by atoms with Crippen LogP contribution in [0.15, 0.2) is 36.4 Å². The molecule has 7 heteroatoms. The van der Waals surface area contributed by atoms with Crippen LogP contribution in [0.25, 0.3) is 0 Å². The number of amides is 2. The number of carbonyl (C=O) groups is 2. The van der Waals surface area contributed by atoms with Crippen molar-refractivity contribution < 1.29 is 14.3 Å². The molecule has 6 nitrogen and oxygen atoms in total. The van der Waals surface area contributed by atoms with Gasteiger partial charge in [0.1, 0.15) is 0 Å². The first kappa shape index (κ1) is 18.7. The Bertz CT molecular complexity index is 763. The van der Waals surface area contributed by atoms with E-state index < -0.39 is 5.91 Å². The van der Waals surface area contributed by atoms with Gasteiger partial charge in [-0.1, -0.05) is 29.3 Å². The molecule has 0 aliphatic heterocycles. The zero-order valence-corrected chi connectivity index (χ0v) is 15.1. The summed E-state index contributed by atoms with van der Waals surface area (Å²) in [6, 6.07) is 10.5. The summed E-state index contributed by atoms with van der Waals surface area (Å²) in [6.45, 7) is 4.09. The summed E-state index contributed by atoms with van der Waals surface area (Å²) in [5.74, 6) is -0.449. The maximum absolute atomic E-state index is 12.5. The van der Waals surface area contributed by atoms with Crippen molar-refractivity contribution in [1.82, 2.24) is 9.88 Å². The lowest BCUT2D eigenvalue weighted by molar-refractivity contribution is -0.116. The molecule has 2 amide bonds. The van der Waals surface area contributed by atoms with Crippen molar-refractivity contribution in [2.24, 2.45) is 0 Å². The average Bonchev–Trinajstić information content (AvgIpc) is 2.58. The molecule has 0 unspecified atom stereocenters. The highest BCUT2D eigenvalue weighted by Crippen LogP contribution is 2.19. The van der Waals surface area contributed by atoms with E-state index >= 15 is 0 Å². The summed E-state index contributed by atoms with van der Waals surface area (Å²) in [5.41, 5.74) is 1.82. The lowest BCUT2D eigenvalue weighted by atomic mass is 10.2. The minimum atomic E-state index is -0.453. The molecule has 1 aromatic heterocycles. The molecule has 2 rings (SSSR count). The van der Waals surface area contributed by atoms with E-state index in [9.17, 15) is 9.59 Å². The Kier molecular flexibility index (Phi) is 6.36. The number of aromatic nitrogens is 1. The molecule has 0 aliphatic rings. The van der Waals surface area contributed by atoms with Crippen LogP contribution in [0.1, 0.15) is 23.0 Å². The van der Waals surface area contributed by atoms with Crippen molar-refractivity contribution in [1.29, 1.82) is 0 Å². The van der Waals surface area contributed by atoms with E-state index in [2.05, 4.69) is 10.3 Å². The number of nitrogens with one attached hydrogen (secondary N) is 1. The molecule has 0 atom stereocenters. The Morgan fingerprint density at radius 2 is 1.88 bits per heavy atom. The van der Waals surface area contributed by atoms with Crippen LogP contribution < -0.4 is 10.1 Å². The Hall–Kier alpha value is -2.60. The molecule has 2 aromatic rings. The Labute approximate surface area is 151 Å². The Balaban J connectivity index is 2.03. The number of ether oxygens (including phenoxy) is 1. The summed E-state index contributed by atoms with van der Waals surface area (Å²) < 4.78 is 5.28. The Morgan fingerprint density at radius 1 is 1.20 bits per heavy atom. The predicted octanol–water partition coefficient (Wildman–Crippen LogP) is 3.15. The van der Waals surface area contributed by atoms with Crippen LogP contribution in [0.2, 0.25) is 5.02 Å². The van der Waals surface area contributed by atoms with Crippen LogP contribution in [-0.4, -0.2) is 41.9 Å². The zero-order chi connectivity index (χ0) is 18.4. The van der Waals surface area contributed by atoms with Crippen LogP contribution in [0, 0.1) is 6.92 Å². The van der Waals surface area contributed by atoms with E-state index in [0.29, 0.717) is 18.2 Å². The van der Waals surface area contributed by atoms with E-state index in [4.69, 9.17) is 16.3 Å². The van der Waals surface area contributed by atoms with Crippen molar-refractivity contribution in [2.45, 2.75) is 13.8 Å². The zero-order valence-electron chi connectivity index (χ0n) is 14.4. The third-order valence-corrected chi connectivity index (χ3v) is 3.68. The molecule has 0 spiro atoms. The van der Waals surface area contributed by atoms with Gasteiger partial charge in [-0.25, -0.2) is 4.98 Å². The van der Waals surface area contributed by atoms with Gasteiger partial charge in [0.05, 0.1) is 18.2 Å². The number of rotatable bonds is 6. The number of halogens is 1. The summed E-state index contributed by atoms with van der Waals surface area (Å²) >= 11 is 6.05. The fraction of sp³-hybridized carbons (Fsp3) is 0.278. The predicted molar refractivity (Wildman–Crippen MR) is 97.2 cm³/mol. The quantitative estimate of drug-likeness (QED) is 0.857. The van der Waals surface area contributed by atoms with Crippen molar-refractivity contribution in [3.05, 3.63) is 52.7 Å². The number of anilines is 1. The van der Waals surface area contributed by atoms with E-state index in [-0.39, 0.29) is 23.2 Å². The molecule has 25 heavy (non-hydrogen) atoms. The van der Waals surface area contributed by atoms with Crippen LogP contribution in [0.4, 0.5) is 5.69 Å². The van der Waals surface area contributed by atoms with Crippen molar-refractivity contribution >= 4 is 29.1 Å². The lowest BCUT2D eigenvalue weighted by Gasteiger charge is -2.17. The molecule has 0 bridgehead atoms. The summed E-state index contributed by atoms with van der Waals surface area (Å²) in [4.78, 5) is 30.0. The van der Waals surface area contributed by atoms with Crippen LogP contribution in [0.5, 0.6) is 5.88 Å². The highest BCUT2D eigenvalue weighted by atomic mass is 35.5. The van der Waals surface area contributed by atoms with Gasteiger partial charge in [-0.05, 0) is 32.0 Å². The van der Waals surface area contributed by atoms with Gasteiger partial charge in [-0.15, -0.1) is 0 Å². The number of hydrogen-bond donors (Lipinski definition) is 1. The van der Waals surface area contributed by atoms with E-state index in [1.165, 1.54) is 11.9 Å². The number of hydrogen-bond acceptors (Lipinski definition) is 4. The van der Waals surface area contributed by atoms with Gasteiger partial charge in [0.15, 0.2) is 5.69 Å². The first-order valence-corrected chi connectivity index (χ1v) is 8.19. The molecule has 1 heterocycles. The molecular formula is C18H20ClN3O3. The van der Waals surface area contributed by atoms with Gasteiger partial charge in [0.2, 0.25) is 11.8 Å². The van der Waals surface area contributed by atoms with Gasteiger partial charge in [-0.2, -0.15) is 0 Å². The lowest BCUT2D eigenvalue weighted by Crippen LogP contribution is -2.35. The summed E-state index contributed by atoms with van der Waals surface area (Å²) in [7, 11) is 1.52. The summed E-state index contributed by atoms with van der Waals surface area (Å²) in [5, 5.41) is 2.95. The largest absolute Gasteiger partial charge is 0.478 e. The number of carbonyl (C=O) groups excluding carboxylic acids is 2. The number of aryl methyl sites for hydroxylation is 1. The van der Waals surface area contributed by atoms with Gasteiger partial charge < -0.3 is 15.0 Å². The molecule has 1 aromatic carbocycles. The van der Waals surface area contributed by atoms with Gasteiger partial charge >= 0.3 is 0 Å². The molecule has 0 fully saturated rings. The van der Waals surface area contributed by atoms with E-state index in [0.717, 1.165) is 5.56 Å². The standard InChI is InChI=1S/C18H20ClN3O3/c1-4-25-16-10-9-14(19)17(21-16)18(24)22(3)11-15(23)20-13-7-5-12(2)6-8-13/h5-10H,4,11H2,1-3H3,(H,20,23). The SMILES string of the molecule is CCOc1ccc(Cl)c(C(=O)N(C)CC(=O)Nc2ccc(C)cc2)n1. The molecule has 0 saturated heterocycles. The maximum atomic E-state index is 12.5. The van der Waals surface area contributed by atoms with Gasteiger partial charge in [0.25, 0.3) is 5.91 Å². The second-order valence-corrected chi connectivity index (χ2v) is 5.90. The van der Waals surface area contributed by atoms with Gasteiger partial charge in [0, 0.05) is 18.8 Å². The molecule has 132 valence electrons. The fourth-order valence-corrected chi connectivity index (χ4v) is 2.29. The van der Waals surface area contributed by atoms with Crippen molar-refractivity contribution in [2.75, 3.05) is 25.5 Å². The monoisotopic (exact) mass is 361 g/mol. The number of likely N-dealkylation sites (N-methyl/N-ethyl adjacent to an activating group) is 1. The minimum absolute atomic E-state index is 0.0539. The number of nitrogens with zero attached hydrogens (tertiary/aromatic N) is 2. The maximum Gasteiger partial charge on any atom is 0.274 e. The van der Waals surface area contributed by atoms with Crippen LogP contribution in [0.3, 0.4) is 0 Å². The number of benzene rings is 1. The molecular weight excluding hydrogens is 342 g/mol. The average molecular weight is 362 g/mol. The van der Waals surface area contributed by atoms with Crippen LogP contribution in [-0.2, 0) is 4.79 Å². The molecule has 0 radical (unpaired) electrons. The third-order valence-electron chi connectivity index (χ3n) is 3.38. The molecule has 0 aliphatic carbocycles. The van der Waals surface area contributed by atoms with E-state index in [1.54, 1.807) is 24.3 Å². The fourth-order valence-electron chi connectivity index (χ4n) is 2.11. The minimum Gasteiger partial charge on any atom is -0.478 e. The first-order chi connectivity index (χ1) is 11.9. The normalized spacial score (nSPS) is 10.2. The highest BCUT2D eigenvalue weighted by Gasteiger charge is 2.20. The molecule has 1 N–H and O–H groups in total. The van der Waals surface area contributed by atoms with E-state index in [1.807, 2.05) is 26.0 Å². The van der Waals surface area contributed by atoms with Crippen molar-refractivity contribution in [3.8, 4) is 5.88 Å². The number of pyridine rings is 1. The topological polar surface area (TPSA) is 71.5 Å². The third kappa shape index (κ3) is 5.19. The van der Waals surface area contributed by atoms with Crippen LogP contribution >= 0.6 is 11.6 Å². The smallest absolute Gasteiger partial charge is 0.274 e. The van der Waals surface area contributed by atoms with Gasteiger partial charge in [-0.3, -0.25) is 9.59 Å². The molecule has 0 saturated carbocycles. The second-order valence-electron chi connectivity index (χ2n) is 5.49. The van der Waals surface area contributed by atoms with Crippen molar-refractivity contribution in [3.63, 3.8) is 0 Å². The first-order valence-electron chi connectivity index (χ1n) is 7.82.